The van der Waals surface area contributed by atoms with E-state index in [1.165, 1.54) is 13.3 Å². The first-order valence-corrected chi connectivity index (χ1v) is 12.4. The summed E-state index contributed by atoms with van der Waals surface area (Å²) < 4.78 is 0. The number of rotatable bonds is 7. The molecule has 1 aliphatic rings. The van der Waals surface area contributed by atoms with Crippen LogP contribution in [0.25, 0.3) is 11.0 Å². The van der Waals surface area contributed by atoms with E-state index >= 15 is 0 Å². The number of anilines is 2. The van der Waals surface area contributed by atoms with Gasteiger partial charge in [-0.2, -0.15) is 0 Å². The minimum atomic E-state index is -0.921. The number of H-pyrrole nitrogens is 1. The van der Waals surface area contributed by atoms with Gasteiger partial charge in [-0.3, -0.25) is 9.59 Å². The molecule has 3 heterocycles. The molecule has 0 saturated carbocycles. The van der Waals surface area contributed by atoms with E-state index in [1.54, 1.807) is 4.90 Å². The lowest BCUT2D eigenvalue weighted by Crippen LogP contribution is -2.45. The van der Waals surface area contributed by atoms with Crippen LogP contribution in [-0.2, 0) is 10.4 Å². The standard InChI is InChI=1S/C28H30N6O3/c1-20(35)29-14-17-34(26-24-10-13-30-25(24)31-19-32-26)23-9-5-6-21(18-23)27(36)33-15-11-28(37,12-16-33)22-7-3-2-4-8-22/h2-10,13,18-19,37H,11-12,14-17H2,1H3,(H,29,35)(H,30,31,32). The monoisotopic (exact) mass is 498 g/mol. The van der Waals surface area contributed by atoms with Gasteiger partial charge < -0.3 is 25.2 Å². The lowest BCUT2D eigenvalue weighted by atomic mass is 9.84. The van der Waals surface area contributed by atoms with Gasteiger partial charge in [-0.05, 0) is 42.7 Å². The van der Waals surface area contributed by atoms with Crippen molar-refractivity contribution in [3.8, 4) is 0 Å². The molecule has 4 aromatic rings. The first-order valence-electron chi connectivity index (χ1n) is 12.4. The summed E-state index contributed by atoms with van der Waals surface area (Å²) in [4.78, 5) is 40.7. The van der Waals surface area contributed by atoms with Crippen LogP contribution < -0.4 is 10.2 Å². The van der Waals surface area contributed by atoms with E-state index in [0.717, 1.165) is 16.6 Å². The molecule has 0 spiro atoms. The molecule has 190 valence electrons. The number of aromatic nitrogens is 3. The molecular weight excluding hydrogens is 468 g/mol. The second kappa shape index (κ2) is 10.4. The number of aliphatic hydroxyl groups is 1. The number of nitrogens with one attached hydrogen (secondary N) is 2. The highest BCUT2D eigenvalue weighted by atomic mass is 16.3. The maximum Gasteiger partial charge on any atom is 0.253 e. The van der Waals surface area contributed by atoms with E-state index in [1.807, 2.05) is 71.8 Å². The molecule has 0 atom stereocenters. The van der Waals surface area contributed by atoms with Gasteiger partial charge in [0, 0.05) is 50.6 Å². The predicted molar refractivity (Wildman–Crippen MR) is 141 cm³/mol. The highest BCUT2D eigenvalue weighted by molar-refractivity contribution is 5.96. The number of aromatic amines is 1. The van der Waals surface area contributed by atoms with Gasteiger partial charge in [0.25, 0.3) is 5.91 Å². The van der Waals surface area contributed by atoms with E-state index in [0.29, 0.717) is 56.0 Å². The quantitative estimate of drug-likeness (QED) is 0.360. The number of hydrogen-bond acceptors (Lipinski definition) is 6. The third-order valence-corrected chi connectivity index (χ3v) is 6.89. The number of hydrogen-bond donors (Lipinski definition) is 3. The second-order valence-corrected chi connectivity index (χ2v) is 9.31. The molecule has 9 nitrogen and oxygen atoms in total. The van der Waals surface area contributed by atoms with Crippen LogP contribution in [0.5, 0.6) is 0 Å². The number of carbonyl (C=O) groups excluding carboxylic acids is 2. The van der Waals surface area contributed by atoms with Crippen molar-refractivity contribution in [1.29, 1.82) is 0 Å². The first kappa shape index (κ1) is 24.5. The summed E-state index contributed by atoms with van der Waals surface area (Å²) in [6.45, 7) is 3.29. The molecule has 1 fully saturated rings. The smallest absolute Gasteiger partial charge is 0.253 e. The normalized spacial score (nSPS) is 14.9. The molecule has 0 bridgehead atoms. The molecule has 1 aliphatic heterocycles. The Labute approximate surface area is 215 Å². The van der Waals surface area contributed by atoms with E-state index < -0.39 is 5.60 Å². The summed E-state index contributed by atoms with van der Waals surface area (Å²) in [6.07, 6.45) is 4.27. The highest BCUT2D eigenvalue weighted by Crippen LogP contribution is 2.34. The topological polar surface area (TPSA) is 114 Å². The van der Waals surface area contributed by atoms with Crippen molar-refractivity contribution >= 4 is 34.4 Å². The van der Waals surface area contributed by atoms with Gasteiger partial charge in [0.15, 0.2) is 0 Å². The molecule has 0 radical (unpaired) electrons. The summed E-state index contributed by atoms with van der Waals surface area (Å²) in [5.74, 6) is 0.499. The summed E-state index contributed by atoms with van der Waals surface area (Å²) in [5, 5.41) is 14.8. The van der Waals surface area contributed by atoms with E-state index in [2.05, 4.69) is 20.3 Å². The number of carbonyl (C=O) groups is 2. The minimum absolute atomic E-state index is 0.0757. The van der Waals surface area contributed by atoms with E-state index in [4.69, 9.17) is 0 Å². The van der Waals surface area contributed by atoms with Crippen LogP contribution in [0.4, 0.5) is 11.5 Å². The summed E-state index contributed by atoms with van der Waals surface area (Å²) in [5.41, 5.74) is 2.03. The zero-order valence-corrected chi connectivity index (χ0v) is 20.7. The van der Waals surface area contributed by atoms with Crippen LogP contribution in [-0.4, -0.2) is 63.0 Å². The first-order chi connectivity index (χ1) is 17.9. The van der Waals surface area contributed by atoms with Gasteiger partial charge in [-0.25, -0.2) is 9.97 Å². The van der Waals surface area contributed by atoms with Crippen LogP contribution >= 0.6 is 0 Å². The number of nitrogens with zero attached hydrogens (tertiary/aromatic N) is 4. The molecule has 2 amide bonds. The van der Waals surface area contributed by atoms with Crippen LogP contribution in [0.15, 0.2) is 73.2 Å². The lowest BCUT2D eigenvalue weighted by Gasteiger charge is -2.38. The molecule has 37 heavy (non-hydrogen) atoms. The van der Waals surface area contributed by atoms with Crippen LogP contribution in [0, 0.1) is 0 Å². The van der Waals surface area contributed by atoms with Crippen molar-refractivity contribution in [3.05, 3.63) is 84.3 Å². The van der Waals surface area contributed by atoms with Crippen LogP contribution in [0.2, 0.25) is 0 Å². The SMILES string of the molecule is CC(=O)NCCN(c1cccc(C(=O)N2CCC(O)(c3ccccc3)CC2)c1)c1ncnc2[nH]ccc12. The van der Waals surface area contributed by atoms with Gasteiger partial charge in [0.05, 0.1) is 11.0 Å². The molecule has 1 saturated heterocycles. The zero-order valence-electron chi connectivity index (χ0n) is 20.7. The highest BCUT2D eigenvalue weighted by Gasteiger charge is 2.35. The van der Waals surface area contributed by atoms with Crippen LogP contribution in [0.3, 0.4) is 0 Å². The Morgan fingerprint density at radius 1 is 1.08 bits per heavy atom. The van der Waals surface area contributed by atoms with Gasteiger partial charge in [-0.15, -0.1) is 0 Å². The van der Waals surface area contributed by atoms with Gasteiger partial charge in [0.1, 0.15) is 17.8 Å². The molecule has 3 N–H and O–H groups in total. The molecule has 0 aliphatic carbocycles. The molecule has 0 unspecified atom stereocenters. The fraction of sp³-hybridized carbons (Fsp3) is 0.286. The summed E-state index contributed by atoms with van der Waals surface area (Å²) in [6, 6.07) is 19.0. The number of fused-ring (bicyclic) bond motifs is 1. The zero-order chi connectivity index (χ0) is 25.8. The Balaban J connectivity index is 1.38. The average molecular weight is 499 g/mol. The molecule has 5 rings (SSSR count). The lowest BCUT2D eigenvalue weighted by molar-refractivity contribution is -0.118. The number of benzene rings is 2. The van der Waals surface area contributed by atoms with Crippen molar-refractivity contribution in [3.63, 3.8) is 0 Å². The molecular formula is C28H30N6O3. The van der Waals surface area contributed by atoms with Crippen molar-refractivity contribution in [2.24, 2.45) is 0 Å². The van der Waals surface area contributed by atoms with E-state index in [-0.39, 0.29) is 11.8 Å². The Kier molecular flexibility index (Phi) is 6.87. The Morgan fingerprint density at radius 2 is 1.86 bits per heavy atom. The van der Waals surface area contributed by atoms with Gasteiger partial charge >= 0.3 is 0 Å². The molecule has 9 heteroatoms. The molecule has 2 aromatic heterocycles. The van der Waals surface area contributed by atoms with Gasteiger partial charge in [0.2, 0.25) is 5.91 Å². The van der Waals surface area contributed by atoms with E-state index in [9.17, 15) is 14.7 Å². The number of likely N-dealkylation sites (tertiary alicyclic amines) is 1. The van der Waals surface area contributed by atoms with Crippen molar-refractivity contribution in [1.82, 2.24) is 25.2 Å². The predicted octanol–water partition coefficient (Wildman–Crippen LogP) is 3.36. The number of piperidine rings is 1. The fourth-order valence-electron chi connectivity index (χ4n) is 4.88. The third kappa shape index (κ3) is 5.17. The second-order valence-electron chi connectivity index (χ2n) is 9.31. The third-order valence-electron chi connectivity index (χ3n) is 6.89. The summed E-state index contributed by atoms with van der Waals surface area (Å²) >= 11 is 0. The Bertz CT molecular complexity index is 1400. The maximum atomic E-state index is 13.5. The fourth-order valence-corrected chi connectivity index (χ4v) is 4.88. The van der Waals surface area contributed by atoms with Gasteiger partial charge in [-0.1, -0.05) is 36.4 Å². The largest absolute Gasteiger partial charge is 0.385 e. The van der Waals surface area contributed by atoms with Crippen molar-refractivity contribution in [2.75, 3.05) is 31.1 Å². The Morgan fingerprint density at radius 3 is 2.62 bits per heavy atom. The number of amides is 2. The minimum Gasteiger partial charge on any atom is -0.385 e. The van der Waals surface area contributed by atoms with Crippen LogP contribution in [0.1, 0.15) is 35.7 Å². The Hall–Kier alpha value is -4.24. The maximum absolute atomic E-state index is 13.5. The summed E-state index contributed by atoms with van der Waals surface area (Å²) in [7, 11) is 0. The molecule has 2 aromatic carbocycles. The van der Waals surface area contributed by atoms with Crippen molar-refractivity contribution in [2.45, 2.75) is 25.4 Å². The van der Waals surface area contributed by atoms with Crippen molar-refractivity contribution < 1.29 is 14.7 Å². The average Bonchev–Trinajstić information content (AvgIpc) is 3.41.